The molecular weight excluding hydrogens is 288 g/mol. The second-order valence-corrected chi connectivity index (χ2v) is 6.09. The summed E-state index contributed by atoms with van der Waals surface area (Å²) in [6.45, 7) is 8.14. The monoisotopic (exact) mass is 308 g/mol. The van der Waals surface area contributed by atoms with Crippen molar-refractivity contribution in [3.63, 3.8) is 0 Å². The van der Waals surface area contributed by atoms with Crippen LogP contribution in [0.5, 0.6) is 0 Å². The van der Waals surface area contributed by atoms with Gasteiger partial charge in [-0.15, -0.1) is 0 Å². The number of anilines is 1. The van der Waals surface area contributed by atoms with Gasteiger partial charge in [0.25, 0.3) is 0 Å². The Kier molecular flexibility index (Phi) is 6.30. The summed E-state index contributed by atoms with van der Waals surface area (Å²) in [6.07, 6.45) is 1.58. The molecule has 0 unspecified atom stereocenters. The van der Waals surface area contributed by atoms with Gasteiger partial charge in [0.1, 0.15) is 0 Å². The zero-order chi connectivity index (χ0) is 16.0. The fourth-order valence-corrected chi connectivity index (χ4v) is 2.23. The van der Waals surface area contributed by atoms with E-state index >= 15 is 0 Å². The zero-order valence-corrected chi connectivity index (χ0v) is 13.3. The van der Waals surface area contributed by atoms with Gasteiger partial charge in [0, 0.05) is 40.7 Å². The lowest BCUT2D eigenvalue weighted by Crippen LogP contribution is -2.40. The minimum atomic E-state index is -1.07. The highest BCUT2D eigenvalue weighted by molar-refractivity contribution is 7.84. The Morgan fingerprint density at radius 2 is 1.86 bits per heavy atom. The molecule has 0 aromatic heterocycles. The number of hydrogen-bond acceptors (Lipinski definition) is 3. The number of nitrogens with one attached hydrogen (secondary N) is 1. The molecule has 1 aromatic carbocycles. The van der Waals surface area contributed by atoms with Gasteiger partial charge in [-0.3, -0.25) is 13.8 Å². The molecule has 0 heterocycles. The summed E-state index contributed by atoms with van der Waals surface area (Å²) in [4.78, 5) is 26.0. The van der Waals surface area contributed by atoms with E-state index in [9.17, 15) is 13.8 Å². The molecule has 1 atom stereocenters. The maximum Gasteiger partial charge on any atom is 0.313 e. The highest BCUT2D eigenvalue weighted by Crippen LogP contribution is 2.12. The smallest absolute Gasteiger partial charge is 0.313 e. The summed E-state index contributed by atoms with van der Waals surface area (Å²) in [5.74, 6) is -1.29. The van der Waals surface area contributed by atoms with Crippen LogP contribution >= 0.6 is 0 Å². The highest BCUT2D eigenvalue weighted by Gasteiger charge is 2.20. The van der Waals surface area contributed by atoms with Crippen molar-refractivity contribution < 1.29 is 13.8 Å². The van der Waals surface area contributed by atoms with Crippen LogP contribution in [0, 0.1) is 0 Å². The van der Waals surface area contributed by atoms with Crippen LogP contribution < -0.4 is 5.32 Å². The Hall–Kier alpha value is -1.95. The molecule has 0 aliphatic carbocycles. The molecule has 21 heavy (non-hydrogen) atoms. The van der Waals surface area contributed by atoms with Gasteiger partial charge < -0.3 is 10.2 Å². The molecule has 0 spiro atoms. The fraction of sp³-hybridized carbons (Fsp3) is 0.333. The van der Waals surface area contributed by atoms with E-state index in [4.69, 9.17) is 0 Å². The molecule has 2 amide bonds. The summed E-state index contributed by atoms with van der Waals surface area (Å²) < 4.78 is 11.3. The van der Waals surface area contributed by atoms with Gasteiger partial charge in [-0.1, -0.05) is 12.2 Å². The first kappa shape index (κ1) is 17.1. The van der Waals surface area contributed by atoms with E-state index in [2.05, 4.69) is 11.9 Å². The van der Waals surface area contributed by atoms with E-state index in [-0.39, 0.29) is 0 Å². The standard InChI is InChI=1S/C15H20N2O3S/c1-5-17(10-11(2)3)15(19)14(18)16-12-6-8-13(9-7-12)21(4)20/h6-9H,2,5,10H2,1,3-4H3,(H,16,18)/t21-/m0/s1. The first-order chi connectivity index (χ1) is 9.85. The summed E-state index contributed by atoms with van der Waals surface area (Å²) in [7, 11) is -1.07. The number of rotatable bonds is 5. The number of carbonyl (C=O) groups is 2. The van der Waals surface area contributed by atoms with Crippen molar-refractivity contribution in [2.24, 2.45) is 0 Å². The van der Waals surface area contributed by atoms with E-state index in [1.54, 1.807) is 44.4 Å². The second-order valence-electron chi connectivity index (χ2n) is 4.71. The number of amides is 2. The van der Waals surface area contributed by atoms with Crippen LogP contribution in [0.3, 0.4) is 0 Å². The zero-order valence-electron chi connectivity index (χ0n) is 12.5. The van der Waals surface area contributed by atoms with E-state index < -0.39 is 22.6 Å². The van der Waals surface area contributed by atoms with E-state index in [0.29, 0.717) is 23.7 Å². The minimum absolute atomic E-state index is 0.358. The van der Waals surface area contributed by atoms with Crippen molar-refractivity contribution in [2.45, 2.75) is 18.7 Å². The molecular formula is C15H20N2O3S. The first-order valence-corrected chi connectivity index (χ1v) is 8.09. The van der Waals surface area contributed by atoms with E-state index in [0.717, 1.165) is 5.57 Å². The van der Waals surface area contributed by atoms with Crippen LogP contribution in [0.1, 0.15) is 13.8 Å². The molecule has 6 heteroatoms. The average Bonchev–Trinajstić information content (AvgIpc) is 2.44. The Bertz CT molecular complexity index is 567. The molecule has 0 radical (unpaired) electrons. The van der Waals surface area contributed by atoms with Crippen molar-refractivity contribution in [3.8, 4) is 0 Å². The minimum Gasteiger partial charge on any atom is -0.331 e. The molecule has 0 saturated heterocycles. The van der Waals surface area contributed by atoms with Crippen LogP contribution in [0.25, 0.3) is 0 Å². The number of carbonyl (C=O) groups excluding carboxylic acids is 2. The lowest BCUT2D eigenvalue weighted by atomic mass is 10.3. The Balaban J connectivity index is 2.73. The van der Waals surface area contributed by atoms with Gasteiger partial charge >= 0.3 is 11.8 Å². The second kappa shape index (κ2) is 7.73. The maximum atomic E-state index is 12.0. The third kappa shape index (κ3) is 5.15. The molecule has 5 nitrogen and oxygen atoms in total. The van der Waals surface area contributed by atoms with Crippen LogP contribution in [0.4, 0.5) is 5.69 Å². The van der Waals surface area contributed by atoms with Gasteiger partial charge in [-0.2, -0.15) is 0 Å². The Morgan fingerprint density at radius 3 is 2.29 bits per heavy atom. The molecule has 0 bridgehead atoms. The van der Waals surface area contributed by atoms with Crippen LogP contribution in [-0.4, -0.2) is 40.3 Å². The molecule has 0 aliphatic heterocycles. The van der Waals surface area contributed by atoms with Crippen LogP contribution in [0.2, 0.25) is 0 Å². The van der Waals surface area contributed by atoms with Crippen LogP contribution in [-0.2, 0) is 20.4 Å². The summed E-state index contributed by atoms with van der Waals surface area (Å²) in [6, 6.07) is 6.55. The largest absolute Gasteiger partial charge is 0.331 e. The normalized spacial score (nSPS) is 11.6. The number of nitrogens with zero attached hydrogens (tertiary/aromatic N) is 1. The third-order valence-electron chi connectivity index (χ3n) is 2.77. The Labute approximate surface area is 127 Å². The predicted octanol–water partition coefficient (Wildman–Crippen LogP) is 1.79. The molecule has 0 aliphatic rings. The number of hydrogen-bond donors (Lipinski definition) is 1. The number of benzene rings is 1. The maximum absolute atomic E-state index is 12.0. The molecule has 1 aromatic rings. The predicted molar refractivity (Wildman–Crippen MR) is 84.5 cm³/mol. The molecule has 1 rings (SSSR count). The topological polar surface area (TPSA) is 66.5 Å². The fourth-order valence-electron chi connectivity index (χ4n) is 1.71. The molecule has 1 N–H and O–H groups in total. The highest BCUT2D eigenvalue weighted by atomic mass is 32.2. The van der Waals surface area contributed by atoms with Crippen molar-refractivity contribution >= 4 is 28.3 Å². The SMILES string of the molecule is C=C(C)CN(CC)C(=O)C(=O)Nc1ccc([S@](C)=O)cc1. The average molecular weight is 308 g/mol. The molecule has 114 valence electrons. The third-order valence-corrected chi connectivity index (χ3v) is 3.70. The van der Waals surface area contributed by atoms with Crippen molar-refractivity contribution in [3.05, 3.63) is 36.4 Å². The van der Waals surface area contributed by atoms with E-state index in [1.807, 2.05) is 0 Å². The molecule has 0 fully saturated rings. The van der Waals surface area contributed by atoms with Gasteiger partial charge in [0.05, 0.1) is 0 Å². The van der Waals surface area contributed by atoms with Gasteiger partial charge in [-0.25, -0.2) is 0 Å². The van der Waals surface area contributed by atoms with Crippen LogP contribution in [0.15, 0.2) is 41.3 Å². The Morgan fingerprint density at radius 1 is 1.29 bits per heavy atom. The van der Waals surface area contributed by atoms with Crippen molar-refractivity contribution in [2.75, 3.05) is 24.7 Å². The quantitative estimate of drug-likeness (QED) is 0.666. The van der Waals surface area contributed by atoms with Gasteiger partial charge in [0.2, 0.25) is 0 Å². The lowest BCUT2D eigenvalue weighted by Gasteiger charge is -2.20. The first-order valence-electron chi connectivity index (χ1n) is 6.53. The molecule has 0 saturated carbocycles. The van der Waals surface area contributed by atoms with Gasteiger partial charge in [0.15, 0.2) is 0 Å². The summed E-state index contributed by atoms with van der Waals surface area (Å²) >= 11 is 0. The summed E-state index contributed by atoms with van der Waals surface area (Å²) in [5, 5.41) is 2.54. The lowest BCUT2D eigenvalue weighted by molar-refractivity contribution is -0.142. The van der Waals surface area contributed by atoms with Crippen molar-refractivity contribution in [1.29, 1.82) is 0 Å². The number of likely N-dealkylation sites (N-methyl/N-ethyl adjacent to an activating group) is 1. The van der Waals surface area contributed by atoms with Gasteiger partial charge in [-0.05, 0) is 38.1 Å². The van der Waals surface area contributed by atoms with Crippen molar-refractivity contribution in [1.82, 2.24) is 4.90 Å². The van der Waals surface area contributed by atoms with E-state index in [1.165, 1.54) is 4.90 Å². The summed E-state index contributed by atoms with van der Waals surface area (Å²) in [5.41, 5.74) is 1.31.